The van der Waals surface area contributed by atoms with Crippen molar-refractivity contribution in [2.75, 3.05) is 32.5 Å². The number of H-pyrrole nitrogens is 1. The molecule has 1 aliphatic heterocycles. The first-order chi connectivity index (χ1) is 19.9. The van der Waals surface area contributed by atoms with Gasteiger partial charge in [-0.15, -0.1) is 0 Å². The summed E-state index contributed by atoms with van der Waals surface area (Å²) in [6.45, 7) is 4.15. The second kappa shape index (κ2) is 13.0. The zero-order chi connectivity index (χ0) is 28.8. The van der Waals surface area contributed by atoms with Gasteiger partial charge in [0, 0.05) is 48.3 Å². The highest BCUT2D eigenvalue weighted by Crippen LogP contribution is 2.29. The normalized spacial score (nSPS) is 15.6. The van der Waals surface area contributed by atoms with Gasteiger partial charge in [0.15, 0.2) is 0 Å². The molecule has 1 fully saturated rings. The number of anilines is 1. The summed E-state index contributed by atoms with van der Waals surface area (Å²) in [6, 6.07) is 25.5. The van der Waals surface area contributed by atoms with E-state index in [0.29, 0.717) is 19.0 Å². The van der Waals surface area contributed by atoms with Crippen LogP contribution in [0.3, 0.4) is 0 Å². The van der Waals surface area contributed by atoms with E-state index in [1.165, 1.54) is 5.56 Å². The number of urea groups is 1. The number of rotatable bonds is 9. The van der Waals surface area contributed by atoms with Crippen LogP contribution in [0.4, 0.5) is 10.5 Å². The predicted octanol–water partition coefficient (Wildman–Crippen LogP) is 6.00. The zero-order valence-electron chi connectivity index (χ0n) is 24.3. The van der Waals surface area contributed by atoms with Gasteiger partial charge < -0.3 is 25.4 Å². The summed E-state index contributed by atoms with van der Waals surface area (Å²) in [5.41, 5.74) is 5.19. The minimum Gasteiger partial charge on any atom is -0.361 e. The van der Waals surface area contributed by atoms with E-state index in [1.807, 2.05) is 80.6 Å². The Balaban J connectivity index is 1.31. The van der Waals surface area contributed by atoms with E-state index >= 15 is 0 Å². The molecule has 3 amide bonds. The van der Waals surface area contributed by atoms with Gasteiger partial charge in [-0.25, -0.2) is 4.79 Å². The number of para-hydroxylation sites is 1. The van der Waals surface area contributed by atoms with Crippen LogP contribution >= 0.6 is 0 Å². The molecule has 0 spiro atoms. The molecule has 0 radical (unpaired) electrons. The number of amides is 3. The van der Waals surface area contributed by atoms with Crippen molar-refractivity contribution in [2.45, 2.75) is 44.7 Å². The standard InChI is InChI=1S/C34H41N5O2/c1-24(30-22-35-31-15-8-7-14-29(30)31)32(33(40)36-28-13-9-12-27(21-28)23-38(2)3)37-34(41)39-18-16-26(17-19-39)20-25-10-5-4-6-11-25/h4-15,21-22,24,26,32,35H,16-20,23H2,1-3H3,(H,36,40)(H,37,41)/t24-,32-/m1/s1. The van der Waals surface area contributed by atoms with Gasteiger partial charge in [0.05, 0.1) is 0 Å². The lowest BCUT2D eigenvalue weighted by Gasteiger charge is -2.34. The summed E-state index contributed by atoms with van der Waals surface area (Å²) < 4.78 is 0. The van der Waals surface area contributed by atoms with Crippen molar-refractivity contribution in [3.8, 4) is 0 Å². The first kappa shape index (κ1) is 28.4. The molecule has 2 atom stereocenters. The van der Waals surface area contributed by atoms with E-state index in [9.17, 15) is 9.59 Å². The van der Waals surface area contributed by atoms with E-state index in [0.717, 1.165) is 53.5 Å². The van der Waals surface area contributed by atoms with Crippen molar-refractivity contribution in [1.29, 1.82) is 0 Å². The molecule has 7 heteroatoms. The molecule has 1 aromatic heterocycles. The summed E-state index contributed by atoms with van der Waals surface area (Å²) in [4.78, 5) is 34.7. The maximum atomic E-state index is 13.8. The summed E-state index contributed by atoms with van der Waals surface area (Å²) in [6.07, 6.45) is 4.89. The smallest absolute Gasteiger partial charge is 0.318 e. The fourth-order valence-corrected chi connectivity index (χ4v) is 5.91. The molecule has 1 aliphatic rings. The molecule has 0 bridgehead atoms. The fourth-order valence-electron chi connectivity index (χ4n) is 5.91. The van der Waals surface area contributed by atoms with Gasteiger partial charge in [-0.2, -0.15) is 0 Å². The Hall–Kier alpha value is -4.10. The molecule has 0 unspecified atom stereocenters. The lowest BCUT2D eigenvalue weighted by Crippen LogP contribution is -2.53. The maximum Gasteiger partial charge on any atom is 0.318 e. The number of likely N-dealkylation sites (tertiary alicyclic amines) is 1. The summed E-state index contributed by atoms with van der Waals surface area (Å²) in [5.74, 6) is 0.0768. The van der Waals surface area contributed by atoms with Crippen LogP contribution in [0.15, 0.2) is 85.1 Å². The van der Waals surface area contributed by atoms with Crippen LogP contribution in [0.25, 0.3) is 10.9 Å². The van der Waals surface area contributed by atoms with Gasteiger partial charge in [0.25, 0.3) is 0 Å². The average molecular weight is 552 g/mol. The number of aromatic nitrogens is 1. The number of aromatic amines is 1. The van der Waals surface area contributed by atoms with E-state index in [4.69, 9.17) is 0 Å². The Morgan fingerprint density at radius 2 is 1.66 bits per heavy atom. The van der Waals surface area contributed by atoms with Crippen LogP contribution in [0.5, 0.6) is 0 Å². The van der Waals surface area contributed by atoms with Crippen molar-refractivity contribution >= 4 is 28.5 Å². The number of piperidine rings is 1. The lowest BCUT2D eigenvalue weighted by molar-refractivity contribution is -0.118. The third kappa shape index (κ3) is 7.16. The maximum absolute atomic E-state index is 13.8. The summed E-state index contributed by atoms with van der Waals surface area (Å²) >= 11 is 0. The Morgan fingerprint density at radius 1 is 0.951 bits per heavy atom. The minimum absolute atomic E-state index is 0.184. The minimum atomic E-state index is -0.749. The summed E-state index contributed by atoms with van der Waals surface area (Å²) in [7, 11) is 4.04. The number of fused-ring (bicyclic) bond motifs is 1. The highest BCUT2D eigenvalue weighted by Gasteiger charge is 2.32. The van der Waals surface area contributed by atoms with Crippen molar-refractivity contribution in [3.05, 3.63) is 102 Å². The Morgan fingerprint density at radius 3 is 2.41 bits per heavy atom. The molecular formula is C34H41N5O2. The molecule has 41 heavy (non-hydrogen) atoms. The van der Waals surface area contributed by atoms with E-state index < -0.39 is 6.04 Å². The SMILES string of the molecule is C[C@H](c1c[nH]c2ccccc12)[C@@H](NC(=O)N1CCC(Cc2ccccc2)CC1)C(=O)Nc1cccc(CN(C)C)c1. The molecule has 5 rings (SSSR count). The van der Waals surface area contributed by atoms with Crippen LogP contribution in [-0.4, -0.2) is 59.9 Å². The highest BCUT2D eigenvalue weighted by molar-refractivity contribution is 5.98. The van der Waals surface area contributed by atoms with Gasteiger partial charge in [0.1, 0.15) is 6.04 Å². The Labute approximate surface area is 242 Å². The van der Waals surface area contributed by atoms with Crippen molar-refractivity contribution < 1.29 is 9.59 Å². The molecule has 3 aromatic carbocycles. The van der Waals surface area contributed by atoms with Crippen LogP contribution in [-0.2, 0) is 17.8 Å². The second-order valence-corrected chi connectivity index (χ2v) is 11.6. The van der Waals surface area contributed by atoms with Gasteiger partial charge >= 0.3 is 6.03 Å². The molecule has 0 aliphatic carbocycles. The van der Waals surface area contributed by atoms with Gasteiger partial charge in [-0.3, -0.25) is 4.79 Å². The number of carbonyl (C=O) groups excluding carboxylic acids is 2. The van der Waals surface area contributed by atoms with Gasteiger partial charge in [-0.1, -0.05) is 67.6 Å². The zero-order valence-corrected chi connectivity index (χ0v) is 24.3. The van der Waals surface area contributed by atoms with Crippen LogP contribution in [0.2, 0.25) is 0 Å². The summed E-state index contributed by atoms with van der Waals surface area (Å²) in [5, 5.41) is 7.27. The number of hydrogen-bond acceptors (Lipinski definition) is 3. The topological polar surface area (TPSA) is 80.5 Å². The number of carbonyl (C=O) groups is 2. The lowest BCUT2D eigenvalue weighted by atomic mass is 9.90. The van der Waals surface area contributed by atoms with Gasteiger partial charge in [-0.05, 0) is 74.2 Å². The quantitative estimate of drug-likeness (QED) is 0.239. The molecule has 1 saturated heterocycles. The van der Waals surface area contributed by atoms with E-state index in [-0.39, 0.29) is 17.9 Å². The third-order valence-corrected chi connectivity index (χ3v) is 8.14. The molecule has 4 aromatic rings. The van der Waals surface area contributed by atoms with E-state index in [2.05, 4.69) is 50.8 Å². The molecular weight excluding hydrogens is 510 g/mol. The molecule has 7 nitrogen and oxygen atoms in total. The monoisotopic (exact) mass is 551 g/mol. The Bertz CT molecular complexity index is 1460. The third-order valence-electron chi connectivity index (χ3n) is 8.14. The molecule has 2 heterocycles. The number of nitrogens with zero attached hydrogens (tertiary/aromatic N) is 2. The number of hydrogen-bond donors (Lipinski definition) is 3. The van der Waals surface area contributed by atoms with Crippen molar-refractivity contribution in [2.24, 2.45) is 5.92 Å². The van der Waals surface area contributed by atoms with Crippen molar-refractivity contribution in [1.82, 2.24) is 20.1 Å². The van der Waals surface area contributed by atoms with E-state index in [1.54, 1.807) is 0 Å². The van der Waals surface area contributed by atoms with Crippen LogP contribution in [0.1, 0.15) is 42.4 Å². The molecule has 3 N–H and O–H groups in total. The largest absolute Gasteiger partial charge is 0.361 e. The molecule has 214 valence electrons. The highest BCUT2D eigenvalue weighted by atomic mass is 16.2. The van der Waals surface area contributed by atoms with Crippen molar-refractivity contribution in [3.63, 3.8) is 0 Å². The molecule has 0 saturated carbocycles. The number of benzene rings is 3. The number of nitrogens with one attached hydrogen (secondary N) is 3. The van der Waals surface area contributed by atoms with Crippen LogP contribution in [0, 0.1) is 5.92 Å². The fraction of sp³-hybridized carbons (Fsp3) is 0.353. The van der Waals surface area contributed by atoms with Gasteiger partial charge in [0.2, 0.25) is 5.91 Å². The van der Waals surface area contributed by atoms with Crippen LogP contribution < -0.4 is 10.6 Å². The predicted molar refractivity (Wildman–Crippen MR) is 166 cm³/mol. The first-order valence-corrected chi connectivity index (χ1v) is 14.6. The second-order valence-electron chi connectivity index (χ2n) is 11.6. The Kier molecular flexibility index (Phi) is 9.04. The first-order valence-electron chi connectivity index (χ1n) is 14.6. The average Bonchev–Trinajstić information content (AvgIpc) is 3.40.